The first-order valence-corrected chi connectivity index (χ1v) is 2.90. The van der Waals surface area contributed by atoms with Crippen molar-refractivity contribution >= 4 is 5.97 Å². The van der Waals surface area contributed by atoms with Crippen molar-refractivity contribution in [1.82, 2.24) is 0 Å². The second-order valence-electron chi connectivity index (χ2n) is 1.81. The maximum absolute atomic E-state index is 10.4. The van der Waals surface area contributed by atoms with Crippen LogP contribution in [0.3, 0.4) is 0 Å². The monoisotopic (exact) mass is 139 g/mol. The minimum absolute atomic E-state index is 0.222. The Balaban J connectivity index is 3.58. The van der Waals surface area contributed by atoms with Crippen molar-refractivity contribution in [3.05, 3.63) is 12.7 Å². The second-order valence-corrected chi connectivity index (χ2v) is 1.81. The lowest BCUT2D eigenvalue weighted by Crippen LogP contribution is -2.11. The fourth-order valence-electron chi connectivity index (χ4n) is 0.417. The standard InChI is InChI=1S/C7H9NO2/c1-3-7(9)10-6(2)4-5-8/h3,6H,1,4H2,2H3. The number of nitrogens with zero attached hydrogens (tertiary/aromatic N) is 1. The number of nitriles is 1. The van der Waals surface area contributed by atoms with Crippen LogP contribution in [-0.4, -0.2) is 12.1 Å². The molecule has 10 heavy (non-hydrogen) atoms. The zero-order chi connectivity index (χ0) is 7.98. The highest BCUT2D eigenvalue weighted by Crippen LogP contribution is 1.95. The Kier molecular flexibility index (Phi) is 3.97. The Bertz CT molecular complexity index is 169. The normalized spacial score (nSPS) is 11.2. The molecule has 0 radical (unpaired) electrons. The molecule has 1 unspecified atom stereocenters. The zero-order valence-electron chi connectivity index (χ0n) is 5.83. The SMILES string of the molecule is C=CC(=O)OC(C)CC#N. The third-order valence-electron chi connectivity index (χ3n) is 0.863. The number of rotatable bonds is 3. The molecule has 0 aliphatic heterocycles. The second kappa shape index (κ2) is 4.57. The van der Waals surface area contributed by atoms with Gasteiger partial charge in [-0.2, -0.15) is 5.26 Å². The molecule has 0 aromatic carbocycles. The van der Waals surface area contributed by atoms with Gasteiger partial charge in [0, 0.05) is 6.08 Å². The van der Waals surface area contributed by atoms with E-state index in [1.165, 1.54) is 0 Å². The van der Waals surface area contributed by atoms with Crippen LogP contribution >= 0.6 is 0 Å². The summed E-state index contributed by atoms with van der Waals surface area (Å²) in [5.41, 5.74) is 0. The molecule has 0 spiro atoms. The minimum Gasteiger partial charge on any atom is -0.458 e. The summed E-state index contributed by atoms with van der Waals surface area (Å²) in [5, 5.41) is 8.16. The van der Waals surface area contributed by atoms with Crippen LogP contribution in [0.5, 0.6) is 0 Å². The number of hydrogen-bond donors (Lipinski definition) is 0. The van der Waals surface area contributed by atoms with E-state index in [2.05, 4.69) is 11.3 Å². The van der Waals surface area contributed by atoms with Crippen molar-refractivity contribution in [3.8, 4) is 6.07 Å². The largest absolute Gasteiger partial charge is 0.458 e. The van der Waals surface area contributed by atoms with Crippen molar-refractivity contribution in [2.45, 2.75) is 19.4 Å². The van der Waals surface area contributed by atoms with Crippen molar-refractivity contribution in [3.63, 3.8) is 0 Å². The summed E-state index contributed by atoms with van der Waals surface area (Å²) in [6.45, 7) is 4.87. The molecule has 0 aliphatic rings. The molecule has 0 rings (SSSR count). The molecule has 0 fully saturated rings. The van der Waals surface area contributed by atoms with E-state index in [0.717, 1.165) is 6.08 Å². The summed E-state index contributed by atoms with van der Waals surface area (Å²) in [4.78, 5) is 10.4. The van der Waals surface area contributed by atoms with Crippen molar-refractivity contribution in [2.75, 3.05) is 0 Å². The van der Waals surface area contributed by atoms with Gasteiger partial charge in [-0.15, -0.1) is 0 Å². The highest BCUT2D eigenvalue weighted by Gasteiger charge is 2.03. The molecule has 0 N–H and O–H groups in total. The Morgan fingerprint density at radius 3 is 3.00 bits per heavy atom. The van der Waals surface area contributed by atoms with E-state index < -0.39 is 5.97 Å². The van der Waals surface area contributed by atoms with Gasteiger partial charge in [-0.25, -0.2) is 4.79 Å². The van der Waals surface area contributed by atoms with Crippen LogP contribution in [-0.2, 0) is 9.53 Å². The summed E-state index contributed by atoms with van der Waals surface area (Å²) in [6.07, 6.45) is 0.962. The smallest absolute Gasteiger partial charge is 0.330 e. The predicted molar refractivity (Wildman–Crippen MR) is 36.0 cm³/mol. The van der Waals surface area contributed by atoms with Crippen LogP contribution in [0, 0.1) is 11.3 Å². The zero-order valence-corrected chi connectivity index (χ0v) is 5.83. The topological polar surface area (TPSA) is 50.1 Å². The van der Waals surface area contributed by atoms with E-state index in [-0.39, 0.29) is 12.5 Å². The van der Waals surface area contributed by atoms with Crippen molar-refractivity contribution in [1.29, 1.82) is 5.26 Å². The van der Waals surface area contributed by atoms with E-state index in [4.69, 9.17) is 5.26 Å². The lowest BCUT2D eigenvalue weighted by molar-refractivity contribution is -0.141. The maximum atomic E-state index is 10.4. The number of carbonyl (C=O) groups is 1. The van der Waals surface area contributed by atoms with Gasteiger partial charge in [0.2, 0.25) is 0 Å². The average molecular weight is 139 g/mol. The van der Waals surface area contributed by atoms with Gasteiger partial charge >= 0.3 is 5.97 Å². The van der Waals surface area contributed by atoms with Gasteiger partial charge in [0.1, 0.15) is 6.10 Å². The van der Waals surface area contributed by atoms with E-state index in [1.54, 1.807) is 6.92 Å². The Morgan fingerprint density at radius 1 is 2.00 bits per heavy atom. The molecule has 3 nitrogen and oxygen atoms in total. The number of hydrogen-bond acceptors (Lipinski definition) is 3. The molecule has 0 bridgehead atoms. The molecule has 0 saturated carbocycles. The molecule has 0 aliphatic carbocycles. The summed E-state index contributed by atoms with van der Waals surface area (Å²) in [7, 11) is 0. The van der Waals surface area contributed by atoms with Gasteiger partial charge in [-0.3, -0.25) is 0 Å². The van der Waals surface area contributed by atoms with Crippen LogP contribution in [0.1, 0.15) is 13.3 Å². The van der Waals surface area contributed by atoms with E-state index in [9.17, 15) is 4.79 Å². The summed E-state index contributed by atoms with van der Waals surface area (Å²) in [5.74, 6) is -0.484. The van der Waals surface area contributed by atoms with Gasteiger partial charge in [-0.05, 0) is 6.92 Å². The fraction of sp³-hybridized carbons (Fsp3) is 0.429. The first-order chi connectivity index (χ1) is 4.70. The maximum Gasteiger partial charge on any atom is 0.330 e. The summed E-state index contributed by atoms with van der Waals surface area (Å²) >= 11 is 0. The number of esters is 1. The molecular weight excluding hydrogens is 130 g/mol. The molecule has 0 saturated heterocycles. The van der Waals surface area contributed by atoms with Gasteiger partial charge < -0.3 is 4.74 Å². The van der Waals surface area contributed by atoms with Gasteiger partial charge in [0.25, 0.3) is 0 Å². The van der Waals surface area contributed by atoms with Gasteiger partial charge in [-0.1, -0.05) is 6.58 Å². The summed E-state index contributed by atoms with van der Waals surface area (Å²) < 4.78 is 4.66. The highest BCUT2D eigenvalue weighted by molar-refractivity contribution is 5.81. The van der Waals surface area contributed by atoms with Gasteiger partial charge in [0.15, 0.2) is 0 Å². The van der Waals surface area contributed by atoms with Crippen LogP contribution < -0.4 is 0 Å². The Hall–Kier alpha value is -1.30. The first kappa shape index (κ1) is 8.70. The first-order valence-electron chi connectivity index (χ1n) is 2.90. The Labute approximate surface area is 59.9 Å². The molecule has 0 heterocycles. The van der Waals surface area contributed by atoms with Gasteiger partial charge in [0.05, 0.1) is 12.5 Å². The quantitative estimate of drug-likeness (QED) is 0.433. The molecule has 3 heteroatoms. The molecular formula is C7H9NO2. The van der Waals surface area contributed by atoms with E-state index >= 15 is 0 Å². The van der Waals surface area contributed by atoms with Crippen LogP contribution in [0.2, 0.25) is 0 Å². The van der Waals surface area contributed by atoms with Crippen molar-refractivity contribution < 1.29 is 9.53 Å². The van der Waals surface area contributed by atoms with E-state index in [1.807, 2.05) is 6.07 Å². The molecule has 0 amide bonds. The average Bonchev–Trinajstić information content (AvgIpc) is 1.88. The van der Waals surface area contributed by atoms with E-state index in [0.29, 0.717) is 0 Å². The fourth-order valence-corrected chi connectivity index (χ4v) is 0.417. The third-order valence-corrected chi connectivity index (χ3v) is 0.863. The Morgan fingerprint density at radius 2 is 2.60 bits per heavy atom. The summed E-state index contributed by atoms with van der Waals surface area (Å²) in [6, 6.07) is 1.89. The number of ether oxygens (including phenoxy) is 1. The van der Waals surface area contributed by atoms with Crippen molar-refractivity contribution in [2.24, 2.45) is 0 Å². The lowest BCUT2D eigenvalue weighted by Gasteiger charge is -2.05. The van der Waals surface area contributed by atoms with Crippen LogP contribution in [0.25, 0.3) is 0 Å². The third kappa shape index (κ3) is 3.67. The lowest BCUT2D eigenvalue weighted by atomic mass is 10.3. The molecule has 54 valence electrons. The molecule has 1 atom stereocenters. The minimum atomic E-state index is -0.484. The molecule has 0 aromatic rings. The predicted octanol–water partition coefficient (Wildman–Crippen LogP) is 1.02. The highest BCUT2D eigenvalue weighted by atomic mass is 16.5. The van der Waals surface area contributed by atoms with Crippen LogP contribution in [0.15, 0.2) is 12.7 Å². The van der Waals surface area contributed by atoms with Crippen LogP contribution in [0.4, 0.5) is 0 Å². The number of carbonyl (C=O) groups excluding carboxylic acids is 1. The molecule has 0 aromatic heterocycles.